The van der Waals surface area contributed by atoms with Gasteiger partial charge in [0.15, 0.2) is 11.5 Å². The first-order chi connectivity index (χ1) is 10.5. The predicted octanol–water partition coefficient (Wildman–Crippen LogP) is 2.26. The van der Waals surface area contributed by atoms with Crippen molar-refractivity contribution < 1.29 is 24.1 Å². The molecule has 0 aliphatic rings. The molecule has 0 amide bonds. The van der Waals surface area contributed by atoms with E-state index in [1.807, 2.05) is 6.92 Å². The molecule has 0 saturated carbocycles. The van der Waals surface area contributed by atoms with Crippen LogP contribution in [0.5, 0.6) is 17.2 Å². The maximum atomic E-state index is 11.3. The van der Waals surface area contributed by atoms with Gasteiger partial charge in [-0.25, -0.2) is 0 Å². The van der Waals surface area contributed by atoms with Crippen LogP contribution in [-0.2, 0) is 4.79 Å². The van der Waals surface area contributed by atoms with Gasteiger partial charge in [-0.2, -0.15) is 0 Å². The van der Waals surface area contributed by atoms with E-state index >= 15 is 0 Å². The van der Waals surface area contributed by atoms with Crippen molar-refractivity contribution in [1.29, 1.82) is 0 Å². The van der Waals surface area contributed by atoms with E-state index in [4.69, 9.17) is 19.9 Å². The second-order valence-corrected chi connectivity index (χ2v) is 5.03. The number of aliphatic carboxylic acids is 1. The zero-order valence-corrected chi connectivity index (χ0v) is 13.6. The topological polar surface area (TPSA) is 91.0 Å². The van der Waals surface area contributed by atoms with E-state index in [0.29, 0.717) is 23.7 Å². The molecule has 3 N–H and O–H groups in total. The molecule has 124 valence electrons. The number of benzene rings is 1. The molecule has 0 aliphatic carbocycles. The van der Waals surface area contributed by atoms with Gasteiger partial charge in [0.05, 0.1) is 27.2 Å². The number of hydrogen-bond acceptors (Lipinski definition) is 5. The number of hydrogen-bond donors (Lipinski definition) is 2. The summed E-state index contributed by atoms with van der Waals surface area (Å²) < 4.78 is 16.2. The Morgan fingerprint density at radius 2 is 1.77 bits per heavy atom. The Morgan fingerprint density at radius 1 is 1.18 bits per heavy atom. The van der Waals surface area contributed by atoms with Gasteiger partial charge in [-0.3, -0.25) is 4.79 Å². The van der Waals surface area contributed by atoms with Gasteiger partial charge in [-0.1, -0.05) is 6.92 Å². The molecule has 0 radical (unpaired) electrons. The van der Waals surface area contributed by atoms with Crippen LogP contribution in [0, 0.1) is 5.92 Å². The second-order valence-electron chi connectivity index (χ2n) is 5.03. The number of methoxy groups -OCH3 is 3. The molecule has 6 heteroatoms. The van der Waals surface area contributed by atoms with Crippen LogP contribution in [0.25, 0.3) is 0 Å². The fourth-order valence-corrected chi connectivity index (χ4v) is 2.63. The van der Waals surface area contributed by atoms with Gasteiger partial charge in [0.25, 0.3) is 0 Å². The molecule has 0 aromatic heterocycles. The maximum absolute atomic E-state index is 11.3. The highest BCUT2D eigenvalue weighted by Gasteiger charge is 2.27. The molecule has 0 bridgehead atoms. The van der Waals surface area contributed by atoms with E-state index in [1.54, 1.807) is 33.5 Å². The summed E-state index contributed by atoms with van der Waals surface area (Å²) in [6.07, 6.45) is 1.16. The van der Waals surface area contributed by atoms with Crippen LogP contribution in [0.4, 0.5) is 0 Å². The first-order valence-electron chi connectivity index (χ1n) is 7.25. The van der Waals surface area contributed by atoms with Crippen LogP contribution in [0.2, 0.25) is 0 Å². The Morgan fingerprint density at radius 3 is 2.18 bits per heavy atom. The van der Waals surface area contributed by atoms with E-state index in [0.717, 1.165) is 12.0 Å². The smallest absolute Gasteiger partial charge is 0.307 e. The van der Waals surface area contributed by atoms with Crippen molar-refractivity contribution in [2.75, 3.05) is 27.9 Å². The molecule has 0 spiro atoms. The third-order valence-electron chi connectivity index (χ3n) is 3.87. The molecule has 0 saturated heterocycles. The van der Waals surface area contributed by atoms with E-state index in [9.17, 15) is 9.90 Å². The number of carboxylic acids is 1. The Hall–Kier alpha value is -1.95. The maximum Gasteiger partial charge on any atom is 0.307 e. The highest BCUT2D eigenvalue weighted by molar-refractivity contribution is 5.70. The third kappa shape index (κ3) is 3.82. The molecule has 1 rings (SSSR count). The molecule has 1 aromatic rings. The Kier molecular flexibility index (Phi) is 6.98. The number of carbonyl (C=O) groups is 1. The second kappa shape index (κ2) is 8.48. The number of rotatable bonds is 9. The van der Waals surface area contributed by atoms with Gasteiger partial charge in [-0.05, 0) is 30.9 Å². The molecule has 0 heterocycles. The average molecular weight is 311 g/mol. The molecule has 2 atom stereocenters. The Bertz CT molecular complexity index is 504. The molecule has 0 aliphatic heterocycles. The third-order valence-corrected chi connectivity index (χ3v) is 3.87. The zero-order chi connectivity index (χ0) is 16.7. The monoisotopic (exact) mass is 311 g/mol. The van der Waals surface area contributed by atoms with E-state index in [1.165, 1.54) is 0 Å². The van der Waals surface area contributed by atoms with Crippen LogP contribution < -0.4 is 19.9 Å². The largest absolute Gasteiger partial charge is 0.496 e. The summed E-state index contributed by atoms with van der Waals surface area (Å²) >= 11 is 0. The minimum absolute atomic E-state index is 0.0513. The summed E-state index contributed by atoms with van der Waals surface area (Å²) in [5, 5.41) is 9.25. The van der Waals surface area contributed by atoms with Crippen LogP contribution in [-0.4, -0.2) is 38.9 Å². The first kappa shape index (κ1) is 18.1. The Labute approximate surface area is 131 Å². The van der Waals surface area contributed by atoms with Crippen LogP contribution in [0.3, 0.4) is 0 Å². The van der Waals surface area contributed by atoms with Crippen molar-refractivity contribution >= 4 is 5.97 Å². The normalized spacial score (nSPS) is 13.3. The average Bonchev–Trinajstić information content (AvgIpc) is 2.54. The summed E-state index contributed by atoms with van der Waals surface area (Å²) in [4.78, 5) is 11.3. The summed E-state index contributed by atoms with van der Waals surface area (Å²) in [6, 6.07) is 3.57. The van der Waals surface area contributed by atoms with Crippen molar-refractivity contribution in [2.24, 2.45) is 11.7 Å². The molecule has 0 fully saturated rings. The highest BCUT2D eigenvalue weighted by atomic mass is 16.5. The van der Waals surface area contributed by atoms with Gasteiger partial charge < -0.3 is 25.1 Å². The van der Waals surface area contributed by atoms with Crippen molar-refractivity contribution in [3.8, 4) is 17.2 Å². The minimum Gasteiger partial charge on any atom is -0.496 e. The van der Waals surface area contributed by atoms with Gasteiger partial charge in [0.2, 0.25) is 0 Å². The quantitative estimate of drug-likeness (QED) is 0.727. The lowest BCUT2D eigenvalue weighted by molar-refractivity contribution is -0.141. The zero-order valence-electron chi connectivity index (χ0n) is 13.6. The standard InChI is InChI=1S/C16H25NO5/c1-5-10(8-11(9-17)16(18)19)14-12(20-2)6-7-13(21-3)15(14)22-4/h6-7,10-11H,5,8-9,17H2,1-4H3,(H,18,19). The molecular weight excluding hydrogens is 286 g/mol. The molecule has 22 heavy (non-hydrogen) atoms. The van der Waals surface area contributed by atoms with Crippen molar-refractivity contribution in [2.45, 2.75) is 25.7 Å². The van der Waals surface area contributed by atoms with Crippen molar-refractivity contribution in [1.82, 2.24) is 0 Å². The van der Waals surface area contributed by atoms with Crippen molar-refractivity contribution in [3.05, 3.63) is 17.7 Å². The highest BCUT2D eigenvalue weighted by Crippen LogP contribution is 2.44. The fourth-order valence-electron chi connectivity index (χ4n) is 2.63. The Balaban J connectivity index is 3.32. The molecule has 1 aromatic carbocycles. The number of nitrogens with two attached hydrogens (primary N) is 1. The lowest BCUT2D eigenvalue weighted by Gasteiger charge is -2.24. The lowest BCUT2D eigenvalue weighted by atomic mass is 9.85. The first-order valence-corrected chi connectivity index (χ1v) is 7.25. The van der Waals surface area contributed by atoms with Gasteiger partial charge in [-0.15, -0.1) is 0 Å². The summed E-state index contributed by atoms with van der Waals surface area (Å²) in [5.41, 5.74) is 6.41. The van der Waals surface area contributed by atoms with Crippen LogP contribution in [0.15, 0.2) is 12.1 Å². The number of carboxylic acid groups (broad SMARTS) is 1. The summed E-state index contributed by atoms with van der Waals surface area (Å²) in [7, 11) is 4.70. The number of ether oxygens (including phenoxy) is 3. The fraction of sp³-hybridized carbons (Fsp3) is 0.562. The van der Waals surface area contributed by atoms with Crippen LogP contribution >= 0.6 is 0 Å². The van der Waals surface area contributed by atoms with E-state index in [2.05, 4.69) is 0 Å². The molecular formula is C16H25NO5. The molecule has 2 unspecified atom stereocenters. The van der Waals surface area contributed by atoms with E-state index < -0.39 is 11.9 Å². The predicted molar refractivity (Wildman–Crippen MR) is 83.9 cm³/mol. The van der Waals surface area contributed by atoms with Gasteiger partial charge >= 0.3 is 5.97 Å². The van der Waals surface area contributed by atoms with Crippen molar-refractivity contribution in [3.63, 3.8) is 0 Å². The van der Waals surface area contributed by atoms with E-state index in [-0.39, 0.29) is 12.5 Å². The summed E-state index contributed by atoms with van der Waals surface area (Å²) in [6.45, 7) is 2.10. The van der Waals surface area contributed by atoms with Gasteiger partial charge in [0, 0.05) is 12.1 Å². The van der Waals surface area contributed by atoms with Crippen LogP contribution in [0.1, 0.15) is 31.2 Å². The van der Waals surface area contributed by atoms with Gasteiger partial charge in [0.1, 0.15) is 5.75 Å². The lowest BCUT2D eigenvalue weighted by Crippen LogP contribution is -2.25. The molecule has 6 nitrogen and oxygen atoms in total. The minimum atomic E-state index is -0.887. The SMILES string of the molecule is CCC(CC(CN)C(=O)O)c1c(OC)ccc(OC)c1OC. The summed E-state index contributed by atoms with van der Waals surface area (Å²) in [5.74, 6) is 0.286.